The van der Waals surface area contributed by atoms with Crippen molar-refractivity contribution in [3.05, 3.63) is 206 Å². The molecule has 0 saturated carbocycles. The van der Waals surface area contributed by atoms with E-state index < -0.39 is 0 Å². The van der Waals surface area contributed by atoms with Crippen molar-refractivity contribution >= 4 is 54.6 Å². The van der Waals surface area contributed by atoms with Gasteiger partial charge in [-0.1, -0.05) is 152 Å². The number of rotatable bonds is 6. The number of nitrogens with zero attached hydrogens (tertiary/aromatic N) is 6. The maximum atomic E-state index is 5.28. The van der Waals surface area contributed by atoms with Crippen molar-refractivity contribution in [1.82, 2.24) is 29.1 Å². The average molecular weight is 767 g/mol. The number of hydrogen-bond acceptors (Lipinski definition) is 4. The standard InChI is InChI=1S/C54H34N6/c1-4-16-35(17-5-1)44-34-45(36-18-6-2-7-19-36)58-54(57-44)60-47-27-15-11-23-41(47)51-49(60)33-32-48-50(51)40-22-10-14-26-46(40)59(48)39-30-28-38(29-31-39)53-52(37-20-8-3-9-21-37)55-42-24-12-13-25-43(42)56-53/h1-34H. The maximum Gasteiger partial charge on any atom is 0.235 e. The summed E-state index contributed by atoms with van der Waals surface area (Å²) in [6.07, 6.45) is 0. The van der Waals surface area contributed by atoms with Crippen LogP contribution in [-0.2, 0) is 0 Å². The van der Waals surface area contributed by atoms with E-state index in [4.69, 9.17) is 19.9 Å². The van der Waals surface area contributed by atoms with Crippen LogP contribution in [0.4, 0.5) is 0 Å². The van der Waals surface area contributed by atoms with Gasteiger partial charge in [0.25, 0.3) is 0 Å². The molecule has 0 spiro atoms. The SMILES string of the molecule is c1ccc(-c2cc(-c3ccccc3)nc(-n3c4ccccc4c4c5c6ccccc6n(-c6ccc(-c7nc8ccccc8nc7-c7ccccc7)cc6)c5ccc43)n2)cc1. The number of para-hydroxylation sites is 4. The first-order chi connectivity index (χ1) is 29.8. The highest BCUT2D eigenvalue weighted by molar-refractivity contribution is 6.28. The summed E-state index contributed by atoms with van der Waals surface area (Å²) in [6.45, 7) is 0. The van der Waals surface area contributed by atoms with Crippen LogP contribution in [0.25, 0.3) is 111 Å². The minimum absolute atomic E-state index is 0.631. The third-order valence-electron chi connectivity index (χ3n) is 11.5. The minimum Gasteiger partial charge on any atom is -0.309 e. The Balaban J connectivity index is 1.07. The lowest BCUT2D eigenvalue weighted by molar-refractivity contribution is 0.996. The van der Waals surface area contributed by atoms with Gasteiger partial charge in [-0.05, 0) is 54.6 Å². The summed E-state index contributed by atoms with van der Waals surface area (Å²) < 4.78 is 4.61. The molecule has 4 aromatic heterocycles. The molecular formula is C54H34N6. The van der Waals surface area contributed by atoms with Crippen LogP contribution in [0, 0.1) is 0 Å². The molecule has 0 amide bonds. The van der Waals surface area contributed by atoms with Crippen molar-refractivity contribution < 1.29 is 0 Å². The Kier molecular flexibility index (Phi) is 7.74. The lowest BCUT2D eigenvalue weighted by Gasteiger charge is -2.13. The summed E-state index contributed by atoms with van der Waals surface area (Å²) in [6, 6.07) is 71.8. The fourth-order valence-corrected chi connectivity index (χ4v) is 8.83. The molecule has 4 heterocycles. The van der Waals surface area contributed by atoms with Crippen molar-refractivity contribution in [2.24, 2.45) is 0 Å². The van der Waals surface area contributed by atoms with Crippen molar-refractivity contribution in [1.29, 1.82) is 0 Å². The lowest BCUT2D eigenvalue weighted by atomic mass is 10.0. The Morgan fingerprint density at radius 2 is 0.717 bits per heavy atom. The molecule has 60 heavy (non-hydrogen) atoms. The van der Waals surface area contributed by atoms with Gasteiger partial charge in [-0.3, -0.25) is 4.57 Å². The third kappa shape index (κ3) is 5.42. The molecule has 8 aromatic carbocycles. The molecule has 0 fully saturated rings. The quantitative estimate of drug-likeness (QED) is 0.169. The Morgan fingerprint density at radius 1 is 0.300 bits per heavy atom. The van der Waals surface area contributed by atoms with Crippen molar-refractivity contribution in [2.75, 3.05) is 0 Å². The number of fused-ring (bicyclic) bond motifs is 8. The van der Waals surface area contributed by atoms with Gasteiger partial charge in [-0.25, -0.2) is 19.9 Å². The second kappa shape index (κ2) is 13.7. The van der Waals surface area contributed by atoms with Crippen LogP contribution >= 0.6 is 0 Å². The van der Waals surface area contributed by atoms with Crippen LogP contribution < -0.4 is 0 Å². The molecule has 6 heteroatoms. The average Bonchev–Trinajstić information content (AvgIpc) is 3.85. The predicted octanol–water partition coefficient (Wildman–Crippen LogP) is 13.3. The number of benzene rings is 8. The summed E-state index contributed by atoms with van der Waals surface area (Å²) >= 11 is 0. The predicted molar refractivity (Wildman–Crippen MR) is 246 cm³/mol. The van der Waals surface area contributed by atoms with Crippen molar-refractivity contribution in [3.8, 4) is 56.7 Å². The normalized spacial score (nSPS) is 11.7. The molecular weight excluding hydrogens is 733 g/mol. The van der Waals surface area contributed by atoms with Crippen LogP contribution in [0.15, 0.2) is 206 Å². The molecule has 280 valence electrons. The Morgan fingerprint density at radius 3 is 1.25 bits per heavy atom. The van der Waals surface area contributed by atoms with Gasteiger partial charge < -0.3 is 4.57 Å². The van der Waals surface area contributed by atoms with Gasteiger partial charge >= 0.3 is 0 Å². The zero-order chi connectivity index (χ0) is 39.6. The zero-order valence-corrected chi connectivity index (χ0v) is 32.3. The van der Waals surface area contributed by atoms with Gasteiger partial charge in [0.2, 0.25) is 5.95 Å². The van der Waals surface area contributed by atoms with E-state index in [0.29, 0.717) is 5.95 Å². The Hall–Kier alpha value is -8.22. The van der Waals surface area contributed by atoms with Crippen LogP contribution in [0.5, 0.6) is 0 Å². The zero-order valence-electron chi connectivity index (χ0n) is 32.3. The van der Waals surface area contributed by atoms with E-state index >= 15 is 0 Å². The highest BCUT2D eigenvalue weighted by Crippen LogP contribution is 2.43. The molecule has 6 nitrogen and oxygen atoms in total. The molecule has 0 atom stereocenters. The topological polar surface area (TPSA) is 61.4 Å². The lowest BCUT2D eigenvalue weighted by Crippen LogP contribution is -2.04. The molecule has 0 unspecified atom stereocenters. The van der Waals surface area contributed by atoms with E-state index in [1.54, 1.807) is 0 Å². The summed E-state index contributed by atoms with van der Waals surface area (Å²) in [5.41, 5.74) is 14.8. The first-order valence-electron chi connectivity index (χ1n) is 20.2. The van der Waals surface area contributed by atoms with Gasteiger partial charge in [0, 0.05) is 49.5 Å². The molecule has 0 saturated heterocycles. The van der Waals surface area contributed by atoms with Crippen LogP contribution in [0.2, 0.25) is 0 Å². The fraction of sp³-hybridized carbons (Fsp3) is 0. The molecule has 0 bridgehead atoms. The molecule has 0 aliphatic carbocycles. The van der Waals surface area contributed by atoms with Gasteiger partial charge in [0.15, 0.2) is 0 Å². The Bertz CT molecular complexity index is 3520. The van der Waals surface area contributed by atoms with E-state index in [2.05, 4.69) is 161 Å². The summed E-state index contributed by atoms with van der Waals surface area (Å²) in [7, 11) is 0. The molecule has 0 N–H and O–H groups in total. The van der Waals surface area contributed by atoms with Crippen LogP contribution in [0.1, 0.15) is 0 Å². The van der Waals surface area contributed by atoms with E-state index in [9.17, 15) is 0 Å². The third-order valence-corrected chi connectivity index (χ3v) is 11.5. The highest BCUT2D eigenvalue weighted by Gasteiger charge is 2.22. The summed E-state index contributed by atoms with van der Waals surface area (Å²) in [5.74, 6) is 0.631. The minimum atomic E-state index is 0.631. The Labute approximate surface area is 345 Å². The van der Waals surface area contributed by atoms with Gasteiger partial charge in [0.05, 0.1) is 55.9 Å². The largest absolute Gasteiger partial charge is 0.309 e. The number of hydrogen-bond donors (Lipinski definition) is 0. The maximum absolute atomic E-state index is 5.28. The monoisotopic (exact) mass is 766 g/mol. The second-order valence-electron chi connectivity index (χ2n) is 15.1. The van der Waals surface area contributed by atoms with E-state index in [1.165, 1.54) is 16.2 Å². The summed E-state index contributed by atoms with van der Waals surface area (Å²) in [5, 5.41) is 4.69. The highest BCUT2D eigenvalue weighted by atomic mass is 15.2. The smallest absolute Gasteiger partial charge is 0.235 e. The van der Waals surface area contributed by atoms with E-state index in [0.717, 1.165) is 89.2 Å². The van der Waals surface area contributed by atoms with Crippen LogP contribution in [0.3, 0.4) is 0 Å². The first kappa shape index (κ1) is 33.9. The van der Waals surface area contributed by atoms with Gasteiger partial charge in [0.1, 0.15) is 0 Å². The second-order valence-corrected chi connectivity index (χ2v) is 15.1. The van der Waals surface area contributed by atoms with Crippen molar-refractivity contribution in [3.63, 3.8) is 0 Å². The summed E-state index contributed by atoms with van der Waals surface area (Å²) in [4.78, 5) is 20.8. The first-order valence-corrected chi connectivity index (χ1v) is 20.2. The van der Waals surface area contributed by atoms with E-state index in [1.807, 2.05) is 54.6 Å². The van der Waals surface area contributed by atoms with Gasteiger partial charge in [-0.2, -0.15) is 0 Å². The fourth-order valence-electron chi connectivity index (χ4n) is 8.83. The van der Waals surface area contributed by atoms with Gasteiger partial charge in [-0.15, -0.1) is 0 Å². The number of aromatic nitrogens is 6. The van der Waals surface area contributed by atoms with Crippen molar-refractivity contribution in [2.45, 2.75) is 0 Å². The van der Waals surface area contributed by atoms with E-state index in [-0.39, 0.29) is 0 Å². The van der Waals surface area contributed by atoms with Crippen LogP contribution in [-0.4, -0.2) is 29.1 Å². The molecule has 12 aromatic rings. The molecule has 0 aliphatic heterocycles. The molecule has 0 aliphatic rings. The molecule has 0 radical (unpaired) electrons. The molecule has 12 rings (SSSR count).